The van der Waals surface area contributed by atoms with Gasteiger partial charge in [-0.05, 0) is 46.7 Å². The number of nitrogens with two attached hydrogens (primary N) is 1. The number of benzene rings is 1. The zero-order valence-electron chi connectivity index (χ0n) is 6.70. The van der Waals surface area contributed by atoms with Crippen LogP contribution in [0.15, 0.2) is 24.3 Å². The smallest absolute Gasteiger partial charge is 0.0702 e. The maximum Gasteiger partial charge on any atom is 0.0702 e. The van der Waals surface area contributed by atoms with Crippen LogP contribution in [0.4, 0.5) is 0 Å². The van der Waals surface area contributed by atoms with Gasteiger partial charge in [0, 0.05) is 10.1 Å². The molecule has 0 saturated heterocycles. The summed E-state index contributed by atoms with van der Waals surface area (Å²) >= 11 is 2.25. The van der Waals surface area contributed by atoms with Crippen LogP contribution in [0.25, 0.3) is 0 Å². The van der Waals surface area contributed by atoms with Gasteiger partial charge in [-0.2, -0.15) is 0 Å². The predicted octanol–water partition coefficient (Wildman–Crippen LogP) is 1.15. The second kappa shape index (κ2) is 4.79. The van der Waals surface area contributed by atoms with E-state index in [-0.39, 0.29) is 0 Å². The van der Waals surface area contributed by atoms with Gasteiger partial charge >= 0.3 is 0 Å². The van der Waals surface area contributed by atoms with Crippen LogP contribution in [-0.2, 0) is 6.42 Å². The van der Waals surface area contributed by atoms with Crippen LogP contribution in [0.3, 0.4) is 0 Å². The van der Waals surface area contributed by atoms with Crippen molar-refractivity contribution in [2.45, 2.75) is 12.5 Å². The fourth-order valence-electron chi connectivity index (χ4n) is 0.976. The van der Waals surface area contributed by atoms with Gasteiger partial charge in [0.15, 0.2) is 0 Å². The predicted molar refractivity (Wildman–Crippen MR) is 57.9 cm³/mol. The molecule has 0 aliphatic carbocycles. The fourth-order valence-corrected chi connectivity index (χ4v) is 1.34. The van der Waals surface area contributed by atoms with Crippen molar-refractivity contribution in [1.29, 1.82) is 0 Å². The Bertz CT molecular complexity index is 235. The van der Waals surface area contributed by atoms with Gasteiger partial charge in [0.05, 0.1) is 6.10 Å². The van der Waals surface area contributed by atoms with E-state index in [1.165, 1.54) is 3.57 Å². The second-order valence-electron chi connectivity index (χ2n) is 2.72. The highest BCUT2D eigenvalue weighted by Crippen LogP contribution is 2.08. The van der Waals surface area contributed by atoms with E-state index >= 15 is 0 Å². The Morgan fingerprint density at radius 3 is 2.42 bits per heavy atom. The van der Waals surface area contributed by atoms with Crippen LogP contribution in [0.5, 0.6) is 0 Å². The van der Waals surface area contributed by atoms with Gasteiger partial charge in [0.1, 0.15) is 0 Å². The summed E-state index contributed by atoms with van der Waals surface area (Å²) in [5.74, 6) is 0. The minimum absolute atomic E-state index is 0.325. The molecule has 0 aliphatic heterocycles. The molecule has 2 nitrogen and oxygen atoms in total. The van der Waals surface area contributed by atoms with Crippen molar-refractivity contribution in [2.75, 3.05) is 6.54 Å². The molecular weight excluding hydrogens is 265 g/mol. The van der Waals surface area contributed by atoms with Crippen molar-refractivity contribution in [3.05, 3.63) is 33.4 Å². The Balaban J connectivity index is 2.58. The summed E-state index contributed by atoms with van der Waals surface area (Å²) in [4.78, 5) is 0. The minimum atomic E-state index is -0.412. The molecule has 1 aromatic rings. The third-order valence-electron chi connectivity index (χ3n) is 1.66. The Labute approximate surface area is 85.9 Å². The molecule has 3 heteroatoms. The van der Waals surface area contributed by atoms with Crippen LogP contribution in [0, 0.1) is 3.57 Å². The van der Waals surface area contributed by atoms with Crippen LogP contribution in [-0.4, -0.2) is 17.8 Å². The van der Waals surface area contributed by atoms with Crippen molar-refractivity contribution >= 4 is 22.6 Å². The van der Waals surface area contributed by atoms with Gasteiger partial charge in [-0.15, -0.1) is 0 Å². The van der Waals surface area contributed by atoms with E-state index in [1.807, 2.05) is 24.3 Å². The molecule has 3 N–H and O–H groups in total. The lowest BCUT2D eigenvalue weighted by atomic mass is 10.1. The SMILES string of the molecule is NCC(O)Cc1ccc(I)cc1. The van der Waals surface area contributed by atoms with Crippen molar-refractivity contribution in [2.24, 2.45) is 5.73 Å². The topological polar surface area (TPSA) is 46.2 Å². The van der Waals surface area contributed by atoms with Gasteiger partial charge in [0.25, 0.3) is 0 Å². The summed E-state index contributed by atoms with van der Waals surface area (Å²) in [6.45, 7) is 0.325. The second-order valence-corrected chi connectivity index (χ2v) is 3.97. The normalized spacial score (nSPS) is 12.9. The summed E-state index contributed by atoms with van der Waals surface area (Å²) in [5, 5.41) is 9.25. The molecule has 0 spiro atoms. The lowest BCUT2D eigenvalue weighted by Crippen LogP contribution is -2.21. The first-order valence-electron chi connectivity index (χ1n) is 3.85. The standard InChI is InChI=1S/C9H12INO/c10-8-3-1-7(2-4-8)5-9(12)6-11/h1-4,9,12H,5-6,11H2. The molecule has 0 amide bonds. The fraction of sp³-hybridized carbons (Fsp3) is 0.333. The monoisotopic (exact) mass is 277 g/mol. The van der Waals surface area contributed by atoms with Crippen molar-refractivity contribution in [3.63, 3.8) is 0 Å². The average Bonchev–Trinajstić information content (AvgIpc) is 2.09. The van der Waals surface area contributed by atoms with Crippen LogP contribution >= 0.6 is 22.6 Å². The molecule has 0 heterocycles. The number of hydrogen-bond donors (Lipinski definition) is 2. The first-order valence-corrected chi connectivity index (χ1v) is 4.93. The highest BCUT2D eigenvalue weighted by atomic mass is 127. The van der Waals surface area contributed by atoms with E-state index < -0.39 is 6.10 Å². The van der Waals surface area contributed by atoms with Crippen molar-refractivity contribution in [1.82, 2.24) is 0 Å². The van der Waals surface area contributed by atoms with Gasteiger partial charge < -0.3 is 10.8 Å². The lowest BCUT2D eigenvalue weighted by molar-refractivity contribution is 0.183. The van der Waals surface area contributed by atoms with E-state index in [4.69, 9.17) is 5.73 Å². The molecular formula is C9H12INO. The molecule has 0 bridgehead atoms. The van der Waals surface area contributed by atoms with Crippen LogP contribution < -0.4 is 5.73 Å². The molecule has 66 valence electrons. The molecule has 0 saturated carbocycles. The largest absolute Gasteiger partial charge is 0.391 e. The number of aliphatic hydroxyl groups is 1. The Kier molecular flexibility index (Phi) is 3.97. The third kappa shape index (κ3) is 3.08. The Hall–Kier alpha value is -0.130. The number of hydrogen-bond acceptors (Lipinski definition) is 2. The van der Waals surface area contributed by atoms with E-state index in [2.05, 4.69) is 22.6 Å². The zero-order chi connectivity index (χ0) is 8.97. The summed E-state index contributed by atoms with van der Waals surface area (Å²) in [5.41, 5.74) is 6.43. The molecule has 1 rings (SSSR count). The summed E-state index contributed by atoms with van der Waals surface area (Å²) < 4.78 is 1.21. The Morgan fingerprint density at radius 1 is 1.33 bits per heavy atom. The quantitative estimate of drug-likeness (QED) is 0.814. The number of halogens is 1. The molecule has 0 aliphatic rings. The highest BCUT2D eigenvalue weighted by Gasteiger charge is 2.01. The van der Waals surface area contributed by atoms with E-state index in [0.717, 1.165) is 5.56 Å². The molecule has 0 radical (unpaired) electrons. The molecule has 12 heavy (non-hydrogen) atoms. The number of aliphatic hydroxyl groups excluding tert-OH is 1. The van der Waals surface area contributed by atoms with Crippen molar-refractivity contribution in [3.8, 4) is 0 Å². The first-order chi connectivity index (χ1) is 5.72. The maximum atomic E-state index is 9.25. The third-order valence-corrected chi connectivity index (χ3v) is 2.38. The van der Waals surface area contributed by atoms with Crippen LogP contribution in [0.1, 0.15) is 5.56 Å². The maximum absolute atomic E-state index is 9.25. The molecule has 0 aromatic heterocycles. The lowest BCUT2D eigenvalue weighted by Gasteiger charge is -2.06. The zero-order valence-corrected chi connectivity index (χ0v) is 8.86. The summed E-state index contributed by atoms with van der Waals surface area (Å²) in [6.07, 6.45) is 0.234. The first kappa shape index (κ1) is 9.95. The van der Waals surface area contributed by atoms with E-state index in [0.29, 0.717) is 13.0 Å². The Morgan fingerprint density at radius 2 is 1.92 bits per heavy atom. The van der Waals surface area contributed by atoms with E-state index in [1.54, 1.807) is 0 Å². The average molecular weight is 277 g/mol. The molecule has 1 unspecified atom stereocenters. The van der Waals surface area contributed by atoms with Crippen molar-refractivity contribution < 1.29 is 5.11 Å². The number of rotatable bonds is 3. The highest BCUT2D eigenvalue weighted by molar-refractivity contribution is 14.1. The van der Waals surface area contributed by atoms with E-state index in [9.17, 15) is 5.11 Å². The summed E-state index contributed by atoms with van der Waals surface area (Å²) in [6, 6.07) is 8.08. The molecule has 1 aromatic carbocycles. The summed E-state index contributed by atoms with van der Waals surface area (Å²) in [7, 11) is 0. The van der Waals surface area contributed by atoms with Gasteiger partial charge in [-0.1, -0.05) is 12.1 Å². The van der Waals surface area contributed by atoms with Gasteiger partial charge in [0.2, 0.25) is 0 Å². The molecule has 0 fully saturated rings. The van der Waals surface area contributed by atoms with Crippen LogP contribution in [0.2, 0.25) is 0 Å². The van der Waals surface area contributed by atoms with Gasteiger partial charge in [-0.3, -0.25) is 0 Å². The van der Waals surface area contributed by atoms with Gasteiger partial charge in [-0.25, -0.2) is 0 Å². The molecule has 1 atom stereocenters. The minimum Gasteiger partial charge on any atom is -0.391 e.